The fourth-order valence-corrected chi connectivity index (χ4v) is 2.75. The molecule has 0 aliphatic carbocycles. The molecule has 0 amide bonds. The van der Waals surface area contributed by atoms with Crippen molar-refractivity contribution in [3.8, 4) is 11.1 Å². The summed E-state index contributed by atoms with van der Waals surface area (Å²) in [6, 6.07) is 9.63. The number of aryl methyl sites for hydroxylation is 1. The number of halogens is 1. The molecule has 20 heavy (non-hydrogen) atoms. The molecule has 0 spiro atoms. The molecule has 0 fully saturated rings. The fourth-order valence-electron chi connectivity index (χ4n) is 2.58. The summed E-state index contributed by atoms with van der Waals surface area (Å²) in [4.78, 5) is 11.8. The minimum atomic E-state index is -0.00188. The Bertz CT molecular complexity index is 656. The zero-order chi connectivity index (χ0) is 14.7. The first-order chi connectivity index (χ1) is 9.56. The predicted octanol–water partition coefficient (Wildman–Crippen LogP) is 4.61. The van der Waals surface area contributed by atoms with Gasteiger partial charge in [0, 0.05) is 24.3 Å². The summed E-state index contributed by atoms with van der Waals surface area (Å²) in [5.41, 5.74) is 3.28. The van der Waals surface area contributed by atoms with Crippen molar-refractivity contribution in [3.63, 3.8) is 0 Å². The Morgan fingerprint density at radius 2 is 1.85 bits per heavy atom. The number of nitrogens with zero attached hydrogens (tertiary/aromatic N) is 1. The number of aromatic nitrogens is 1. The molecule has 0 atom stereocenters. The summed E-state index contributed by atoms with van der Waals surface area (Å²) in [5, 5.41) is 0.704. The molecule has 1 aromatic carbocycles. The van der Waals surface area contributed by atoms with E-state index >= 15 is 0 Å². The molecule has 0 saturated heterocycles. The van der Waals surface area contributed by atoms with Crippen LogP contribution in [0.1, 0.15) is 38.2 Å². The molecule has 0 bridgehead atoms. The molecular weight excluding hydrogens is 270 g/mol. The van der Waals surface area contributed by atoms with Crippen LogP contribution in [0.4, 0.5) is 0 Å². The van der Waals surface area contributed by atoms with E-state index in [-0.39, 0.29) is 5.56 Å². The van der Waals surface area contributed by atoms with Gasteiger partial charge in [-0.1, -0.05) is 31.5 Å². The van der Waals surface area contributed by atoms with Gasteiger partial charge in [-0.05, 0) is 53.6 Å². The predicted molar refractivity (Wildman–Crippen MR) is 85.5 cm³/mol. The lowest BCUT2D eigenvalue weighted by molar-refractivity contribution is 0.643. The van der Waals surface area contributed by atoms with E-state index in [2.05, 4.69) is 19.9 Å². The maximum Gasteiger partial charge on any atom is 0.250 e. The summed E-state index contributed by atoms with van der Waals surface area (Å²) >= 11 is 6.15. The van der Waals surface area contributed by atoms with E-state index in [0.717, 1.165) is 24.0 Å². The summed E-state index contributed by atoms with van der Waals surface area (Å²) in [6.45, 7) is 4.38. The van der Waals surface area contributed by atoms with Crippen molar-refractivity contribution >= 4 is 11.6 Å². The van der Waals surface area contributed by atoms with Crippen LogP contribution in [0.5, 0.6) is 0 Å². The second-order valence-electron chi connectivity index (χ2n) is 5.11. The molecule has 1 aromatic heterocycles. The molecule has 2 aromatic rings. The molecule has 0 saturated carbocycles. The van der Waals surface area contributed by atoms with Crippen LogP contribution >= 0.6 is 11.6 Å². The first kappa shape index (κ1) is 14.9. The van der Waals surface area contributed by atoms with Crippen molar-refractivity contribution in [2.45, 2.75) is 32.6 Å². The number of hydrogen-bond acceptors (Lipinski definition) is 1. The maximum atomic E-state index is 11.8. The minimum absolute atomic E-state index is 0.00188. The smallest absolute Gasteiger partial charge is 0.250 e. The Morgan fingerprint density at radius 3 is 2.45 bits per heavy atom. The van der Waals surface area contributed by atoms with E-state index < -0.39 is 0 Å². The molecule has 2 rings (SSSR count). The normalized spacial score (nSPS) is 11.1. The lowest BCUT2D eigenvalue weighted by Crippen LogP contribution is -2.14. The van der Waals surface area contributed by atoms with Gasteiger partial charge in [0.25, 0.3) is 5.56 Å². The number of hydrogen-bond donors (Lipinski definition) is 0. The van der Waals surface area contributed by atoms with E-state index in [0.29, 0.717) is 10.9 Å². The van der Waals surface area contributed by atoms with Crippen molar-refractivity contribution in [3.05, 3.63) is 57.5 Å². The number of pyridine rings is 1. The van der Waals surface area contributed by atoms with E-state index in [9.17, 15) is 4.79 Å². The molecule has 0 unspecified atom stereocenters. The van der Waals surface area contributed by atoms with Crippen LogP contribution in [0.3, 0.4) is 0 Å². The Kier molecular flexibility index (Phi) is 4.66. The van der Waals surface area contributed by atoms with E-state index in [1.165, 1.54) is 5.56 Å². The van der Waals surface area contributed by atoms with Gasteiger partial charge in [0.05, 0.1) is 0 Å². The minimum Gasteiger partial charge on any atom is -0.319 e. The number of benzene rings is 1. The van der Waals surface area contributed by atoms with Gasteiger partial charge >= 0.3 is 0 Å². The molecule has 0 aliphatic rings. The van der Waals surface area contributed by atoms with Gasteiger partial charge in [-0.15, -0.1) is 0 Å². The second kappa shape index (κ2) is 6.27. The van der Waals surface area contributed by atoms with E-state index in [4.69, 9.17) is 11.6 Å². The summed E-state index contributed by atoms with van der Waals surface area (Å²) in [7, 11) is 1.76. The van der Waals surface area contributed by atoms with Gasteiger partial charge in [0.2, 0.25) is 0 Å². The first-order valence-electron chi connectivity index (χ1n) is 7.03. The topological polar surface area (TPSA) is 22.0 Å². The molecular formula is C17H20ClNO. The van der Waals surface area contributed by atoms with Crippen molar-refractivity contribution in [2.24, 2.45) is 7.05 Å². The van der Waals surface area contributed by atoms with Crippen LogP contribution < -0.4 is 5.56 Å². The van der Waals surface area contributed by atoms with Crippen molar-refractivity contribution in [2.75, 3.05) is 0 Å². The SMILES string of the molecule is CCC(CC)c1ccc(Cl)cc1-c1ccn(C)c(=O)c1. The molecule has 1 heterocycles. The standard InChI is InChI=1S/C17H20ClNO/c1-4-12(5-2)15-7-6-14(18)11-16(15)13-8-9-19(3)17(20)10-13/h6-12H,4-5H2,1-3H3. The van der Waals surface area contributed by atoms with Crippen LogP contribution in [0.15, 0.2) is 41.3 Å². The lowest BCUT2D eigenvalue weighted by atomic mass is 9.87. The van der Waals surface area contributed by atoms with E-state index in [1.807, 2.05) is 18.2 Å². The highest BCUT2D eigenvalue weighted by Crippen LogP contribution is 2.34. The van der Waals surface area contributed by atoms with Crippen molar-refractivity contribution < 1.29 is 0 Å². The van der Waals surface area contributed by atoms with Gasteiger partial charge < -0.3 is 4.57 Å². The van der Waals surface area contributed by atoms with Crippen LogP contribution in [-0.4, -0.2) is 4.57 Å². The zero-order valence-corrected chi connectivity index (χ0v) is 12.9. The van der Waals surface area contributed by atoms with Crippen molar-refractivity contribution in [1.82, 2.24) is 4.57 Å². The molecule has 2 nitrogen and oxygen atoms in total. The summed E-state index contributed by atoms with van der Waals surface area (Å²) < 4.78 is 1.57. The maximum absolute atomic E-state index is 11.8. The summed E-state index contributed by atoms with van der Waals surface area (Å²) in [6.07, 6.45) is 3.96. The third kappa shape index (κ3) is 2.96. The number of rotatable bonds is 4. The Balaban J connectivity index is 2.62. The highest BCUT2D eigenvalue weighted by molar-refractivity contribution is 6.30. The highest BCUT2D eigenvalue weighted by Gasteiger charge is 2.14. The van der Waals surface area contributed by atoms with Gasteiger partial charge in [-0.3, -0.25) is 4.79 Å². The van der Waals surface area contributed by atoms with Crippen LogP contribution in [0.25, 0.3) is 11.1 Å². The highest BCUT2D eigenvalue weighted by atomic mass is 35.5. The van der Waals surface area contributed by atoms with Crippen LogP contribution in [-0.2, 0) is 7.05 Å². The molecule has 0 radical (unpaired) electrons. The average Bonchev–Trinajstić information content (AvgIpc) is 2.44. The van der Waals surface area contributed by atoms with Gasteiger partial charge in [0.15, 0.2) is 0 Å². The van der Waals surface area contributed by atoms with Crippen LogP contribution in [0.2, 0.25) is 5.02 Å². The third-order valence-corrected chi connectivity index (χ3v) is 4.09. The molecule has 0 aliphatic heterocycles. The lowest BCUT2D eigenvalue weighted by Gasteiger charge is -2.18. The Labute approximate surface area is 125 Å². The third-order valence-electron chi connectivity index (χ3n) is 3.86. The van der Waals surface area contributed by atoms with Crippen LogP contribution in [0, 0.1) is 0 Å². The first-order valence-corrected chi connectivity index (χ1v) is 7.41. The Hall–Kier alpha value is -1.54. The molecule has 0 N–H and O–H groups in total. The zero-order valence-electron chi connectivity index (χ0n) is 12.2. The fraction of sp³-hybridized carbons (Fsp3) is 0.353. The summed E-state index contributed by atoms with van der Waals surface area (Å²) in [5.74, 6) is 0.492. The molecule has 106 valence electrons. The quantitative estimate of drug-likeness (QED) is 0.805. The van der Waals surface area contributed by atoms with Crippen molar-refractivity contribution in [1.29, 1.82) is 0 Å². The van der Waals surface area contributed by atoms with Gasteiger partial charge in [-0.2, -0.15) is 0 Å². The largest absolute Gasteiger partial charge is 0.319 e. The van der Waals surface area contributed by atoms with E-state index in [1.54, 1.807) is 23.9 Å². The molecule has 3 heteroatoms. The monoisotopic (exact) mass is 289 g/mol. The average molecular weight is 290 g/mol. The second-order valence-corrected chi connectivity index (χ2v) is 5.55. The Morgan fingerprint density at radius 1 is 1.15 bits per heavy atom. The van der Waals surface area contributed by atoms with Gasteiger partial charge in [0.1, 0.15) is 0 Å². The van der Waals surface area contributed by atoms with Gasteiger partial charge in [-0.25, -0.2) is 0 Å².